The van der Waals surface area contributed by atoms with Crippen molar-refractivity contribution in [1.29, 1.82) is 0 Å². The predicted octanol–water partition coefficient (Wildman–Crippen LogP) is -2.06. The second-order valence-electron chi connectivity index (χ2n) is 30.7. The van der Waals surface area contributed by atoms with E-state index >= 15 is 0 Å². The van der Waals surface area contributed by atoms with E-state index in [1.54, 1.807) is 31.3 Å². The zero-order valence-corrected chi connectivity index (χ0v) is 73.0. The molecule has 9 aliphatic heterocycles. The third-order valence-corrected chi connectivity index (χ3v) is 28.3. The molecule has 0 radical (unpaired) electrons. The Bertz CT molecular complexity index is 6210. The van der Waals surface area contributed by atoms with E-state index in [-0.39, 0.29) is 50.9 Å². The molecule has 12 unspecified atom stereocenters. The molecule has 30 atom stereocenters. The van der Waals surface area contributed by atoms with Crippen LogP contribution in [0, 0.1) is 0 Å². The van der Waals surface area contributed by atoms with Gasteiger partial charge in [-0.1, -0.05) is 0 Å². The molecule has 0 saturated carbocycles. The van der Waals surface area contributed by atoms with Crippen LogP contribution < -0.4 is 39.7 Å². The number of nitrogen functional groups attached to an aromatic ring is 5. The van der Waals surface area contributed by atoms with Gasteiger partial charge in [0.1, 0.15) is 119 Å². The van der Waals surface area contributed by atoms with Crippen molar-refractivity contribution >= 4 is 148 Å². The number of pyridine rings is 3. The maximum Gasteiger partial charge on any atom is 0.472 e. The maximum atomic E-state index is 13.2. The van der Waals surface area contributed by atoms with E-state index in [9.17, 15) is 82.3 Å². The Kier molecular flexibility index (Phi) is 24.8. The summed E-state index contributed by atoms with van der Waals surface area (Å²) in [7, 11) is -27.4. The Hall–Kier alpha value is -9.44. The van der Waals surface area contributed by atoms with Crippen molar-refractivity contribution in [2.45, 2.75) is 148 Å². The summed E-state index contributed by atoms with van der Waals surface area (Å²) < 4.78 is 186. The molecule has 9 aliphatic rings. The van der Waals surface area contributed by atoms with Gasteiger partial charge in [0.15, 0.2) is 139 Å². The van der Waals surface area contributed by atoms with E-state index < -0.39 is 233 Å². The average Bonchev–Trinajstić information content (AvgIpc) is 1.61. The van der Waals surface area contributed by atoms with E-state index in [4.69, 9.17) is 118 Å². The number of hydrogen-bond donors (Lipinski definition) is 18. The monoisotopic (exact) mass is 1980 g/mol. The topological polar surface area (TPSA) is 869 Å². The first-order valence-corrected chi connectivity index (χ1v) is 49.1. The molecule has 0 spiro atoms. The van der Waals surface area contributed by atoms with Gasteiger partial charge in [-0.25, -0.2) is 83.5 Å². The summed E-state index contributed by atoms with van der Waals surface area (Å²) in [5.74, 6) is 0.158. The number of anilines is 6. The Morgan fingerprint density at radius 2 is 0.677 bits per heavy atom. The van der Waals surface area contributed by atoms with Crippen molar-refractivity contribution in [3.05, 3.63) is 99.7 Å². The number of hydrogen-bond acceptors (Lipinski definition) is 50. The number of nitrogens with zero attached hydrogens (tertiary/aromatic N) is 20. The summed E-state index contributed by atoms with van der Waals surface area (Å²) in [4.78, 5) is 121. The van der Waals surface area contributed by atoms with Crippen LogP contribution in [0.4, 0.5) is 34.5 Å². The van der Waals surface area contributed by atoms with Crippen molar-refractivity contribution in [3.63, 3.8) is 0 Å². The molecule has 12 aromatic heterocycles. The van der Waals surface area contributed by atoms with Crippen LogP contribution in [-0.4, -0.2) is 308 Å². The number of nitrogens with one attached hydrogen (secondary N) is 1. The number of rotatable bonds is 7. The molecule has 24 N–H and O–H groups in total. The first-order chi connectivity index (χ1) is 63.3. The van der Waals surface area contributed by atoms with E-state index in [0.29, 0.717) is 50.4 Å². The number of nitrogens with two attached hydrogens (primary N) is 6. The van der Waals surface area contributed by atoms with Gasteiger partial charge < -0.3 is 142 Å². The first-order valence-electron chi connectivity index (χ1n) is 39.3. The number of fused-ring (bicyclic) bond motifs is 12. The largest absolute Gasteiger partial charge is 0.472 e. The number of aliphatic hydroxyl groups is 5. The number of aromatic nitrogens is 20. The number of aliphatic hydroxyl groups excluding tert-OH is 5. The van der Waals surface area contributed by atoms with Crippen molar-refractivity contribution < 1.29 is 166 Å². The van der Waals surface area contributed by atoms with Gasteiger partial charge in [-0.05, 0) is 24.3 Å². The summed E-state index contributed by atoms with van der Waals surface area (Å²) in [6.07, 6.45) is -21.7. The van der Waals surface area contributed by atoms with Gasteiger partial charge in [0.05, 0.1) is 68.9 Å². The molecule has 714 valence electrons. The molecule has 68 heteroatoms. The molecule has 62 nitrogen and oxygen atoms in total. The van der Waals surface area contributed by atoms with Crippen LogP contribution in [0.3, 0.4) is 0 Å². The van der Waals surface area contributed by atoms with E-state index in [0.717, 1.165) is 12.7 Å². The molecule has 9 saturated heterocycles. The normalized spacial score (nSPS) is 38.1. The minimum Gasteiger partial charge on any atom is -0.398 e. The van der Waals surface area contributed by atoms with Gasteiger partial charge in [-0.3, -0.25) is 77.2 Å². The van der Waals surface area contributed by atoms with Crippen LogP contribution in [0.5, 0.6) is 0 Å². The zero-order chi connectivity index (χ0) is 93.6. The summed E-state index contributed by atoms with van der Waals surface area (Å²) in [5.41, 5.74) is 40.1. The zero-order valence-electron chi connectivity index (χ0n) is 67.6. The fraction of sp³-hybridized carbons (Fsp3) is 0.477. The second kappa shape index (κ2) is 35.6. The Morgan fingerprint density at radius 3 is 1.10 bits per heavy atom. The Balaban J connectivity index is 0.000000129. The lowest BCUT2D eigenvalue weighted by Crippen LogP contribution is -2.42. The quantitative estimate of drug-likeness (QED) is 0.0763. The fourth-order valence-electron chi connectivity index (χ4n) is 16.1. The van der Waals surface area contributed by atoms with Crippen molar-refractivity contribution in [3.8, 4) is 0 Å². The molecule has 133 heavy (non-hydrogen) atoms. The van der Waals surface area contributed by atoms with E-state index in [1.165, 1.54) is 90.2 Å². The van der Waals surface area contributed by atoms with Crippen LogP contribution in [0.15, 0.2) is 99.7 Å². The lowest BCUT2D eigenvalue weighted by atomic mass is 10.1. The summed E-state index contributed by atoms with van der Waals surface area (Å²) in [5, 5.41) is 59.3. The van der Waals surface area contributed by atoms with Gasteiger partial charge in [-0.2, -0.15) is 0 Å². The standard InChI is InChI=1S/C22H27N9O12P2.C22H26N8O12P2.C21H26N10O11P2/c1-24-9-2-3-25-18-11(9)28-6-30(18)20-13(32)15-10(40-20)4-39-45(36,37)43-16-14(33)21(41-22(16)38-8-44(34,35)42-15)31-7-29-12-17(23)26-5-27-19(12)31;23-10-1-3-25-18-9(10)2-4-29(18)20-13(31)15-11(39-20)5-38-44(35,36)42-16-14(32)21(40-22(16)37-8-43(33,34)41-15)30-7-28-12-17(24)26-6-27-19(12)30;22-8-1-2-25-17-11(8)28-5-30(17)19-10(23)14-9(39-19)3-38-44(35,36)42-15-13(32)20(40-21(15)37-7-43(33,34)41-14)31-6-29-12-16(24)26-4-27-18(12)31/h2-3,5-7,10,13-16,20-22,32-33H,4,8H2,1H3,(H,24,25)(H,34,35)(H,36,37)(H2,23,26,27);1-4,6-7,11,13-16,20-22,31-32H,5,8H2,(H2,23,25)(H,33,34)(H,35,36)(H2,24,26,27);1-2,4-6,9-10,13-15,19-21,32H,3,7,23H2,(H2,22,25)(H,33,34)(H,35,36)(H2,24,26,27)/t10-,13?,14?,15+,16-,20-,21-,22+;11-,13?,14?,15+,16-,20-,21-,22+;9-,10?,13?,14+,15-,19-,20-,21+/m111/s1. The molecule has 0 amide bonds. The predicted molar refractivity (Wildman–Crippen MR) is 438 cm³/mol. The molecule has 21 heterocycles. The highest BCUT2D eigenvalue weighted by Crippen LogP contribution is 2.59. The third kappa shape index (κ3) is 17.8. The number of ether oxygens (including phenoxy) is 9. The highest BCUT2D eigenvalue weighted by molar-refractivity contribution is 7.53. The first kappa shape index (κ1) is 92.6. The van der Waals surface area contributed by atoms with Crippen molar-refractivity contribution in [1.82, 2.24) is 97.2 Å². The van der Waals surface area contributed by atoms with Gasteiger partial charge >= 0.3 is 46.3 Å². The summed E-state index contributed by atoms with van der Waals surface area (Å²) in [6, 6.07) is 5.35. The molecule has 21 rings (SSSR count). The smallest absolute Gasteiger partial charge is 0.398 e. The molecule has 0 aromatic carbocycles. The van der Waals surface area contributed by atoms with E-state index in [1.807, 2.05) is 0 Å². The third-order valence-electron chi connectivity index (χ3n) is 22.2. The molecular weight excluding hydrogens is 1900 g/mol. The molecular formula is C65H79N27O35P6. The minimum absolute atomic E-state index is 0.0502. The lowest BCUT2D eigenvalue weighted by Gasteiger charge is -2.28. The van der Waals surface area contributed by atoms with Crippen molar-refractivity contribution in [2.24, 2.45) is 5.73 Å². The minimum atomic E-state index is -5.01. The fourth-order valence-corrected chi connectivity index (χ4v) is 22.0. The SMILES string of the molecule is CNc1ccnc2c1ncn2[C@@H]1O[C@@H]2COP(=O)(O)O[C@@H]3C(O)[C@H](n4cnc5c(N)ncnc54)O[C@@H]3OCP(=O)(O)O[C@@H]2C1O.Nc1ccnc2c1ccn2[C@@H]1O[C@@H]2COP(=O)(O)O[C@@H]3C(O)[C@H](n4cnc5c(N)ncnc54)O[C@@H]3OCP(=O)(O)O[C@@H]2C1O.Nc1ncnc2c1ncn2[C@@H]1O[C@@H]2OCP(=O)(O)O[C@@H]3C(N)[C@H](n4cnc5c(N)ccnc54)O[C@@H]3COP(=O)(O)O[C@@H]2C1O. The van der Waals surface area contributed by atoms with Gasteiger partial charge in [0, 0.05) is 42.9 Å². The molecule has 0 bridgehead atoms. The summed E-state index contributed by atoms with van der Waals surface area (Å²) >= 11 is 0. The van der Waals surface area contributed by atoms with E-state index in [2.05, 4.69) is 75.1 Å². The van der Waals surface area contributed by atoms with Crippen LogP contribution in [-0.2, 0) is 111 Å². The Morgan fingerprint density at radius 1 is 0.353 bits per heavy atom. The van der Waals surface area contributed by atoms with Crippen LogP contribution in [0.1, 0.15) is 37.4 Å². The number of phosphoric acid groups is 3. The lowest BCUT2D eigenvalue weighted by molar-refractivity contribution is -0.168. The average molecular weight is 1980 g/mol. The van der Waals surface area contributed by atoms with Gasteiger partial charge in [-0.15, -0.1) is 0 Å². The molecule has 9 fully saturated rings. The summed E-state index contributed by atoms with van der Waals surface area (Å²) in [6.45, 7) is -2.15. The van der Waals surface area contributed by atoms with Crippen LogP contribution >= 0.6 is 46.3 Å². The second-order valence-corrected chi connectivity index (χ2v) is 40.1. The highest BCUT2D eigenvalue weighted by atomic mass is 31.2. The Labute approximate surface area is 740 Å². The number of phosphoric ester groups is 3. The molecule has 12 aromatic rings. The van der Waals surface area contributed by atoms with Crippen LogP contribution in [0.2, 0.25) is 0 Å². The van der Waals surface area contributed by atoms with Gasteiger partial charge in [0.2, 0.25) is 0 Å². The van der Waals surface area contributed by atoms with Gasteiger partial charge in [0.25, 0.3) is 0 Å². The highest BCUT2D eigenvalue weighted by Gasteiger charge is 2.59. The number of imidazole rings is 5. The van der Waals surface area contributed by atoms with Crippen LogP contribution in [0.25, 0.3) is 66.9 Å². The van der Waals surface area contributed by atoms with Crippen molar-refractivity contribution in [2.75, 3.05) is 79.9 Å². The maximum absolute atomic E-state index is 13.2. The molecule has 0 aliphatic carbocycles.